The molecule has 0 saturated carbocycles. The van der Waals surface area contributed by atoms with Crippen molar-refractivity contribution in [2.45, 2.75) is 70.3 Å². The van der Waals surface area contributed by atoms with Gasteiger partial charge in [-0.1, -0.05) is 48.0 Å². The van der Waals surface area contributed by atoms with Crippen LogP contribution in [-0.4, -0.2) is 54.4 Å². The van der Waals surface area contributed by atoms with Gasteiger partial charge in [0.15, 0.2) is 0 Å². The number of unbranched alkanes of at least 4 members (excludes halogenated alkanes) is 6. The van der Waals surface area contributed by atoms with Gasteiger partial charge in [0.25, 0.3) is 0 Å². The van der Waals surface area contributed by atoms with Gasteiger partial charge in [0.1, 0.15) is 0 Å². The minimum absolute atomic E-state index is 0.893. The first-order valence-electron chi connectivity index (χ1n) is 9.30. The minimum atomic E-state index is 0.893. The number of hydrogen-bond donors (Lipinski definition) is 0. The second kappa shape index (κ2) is 10.2. The predicted octanol–water partition coefficient (Wildman–Crippen LogP) is 4.53. The molecule has 2 aliphatic heterocycles. The van der Waals surface area contributed by atoms with Crippen molar-refractivity contribution in [2.75, 3.05) is 38.6 Å². The smallest absolute Gasteiger partial charge is 0.0145 e. The van der Waals surface area contributed by atoms with Crippen molar-refractivity contribution in [3.8, 4) is 0 Å². The van der Waals surface area contributed by atoms with E-state index in [4.69, 9.17) is 0 Å². The fourth-order valence-corrected chi connectivity index (χ4v) is 4.64. The van der Waals surface area contributed by atoms with Gasteiger partial charge in [0.05, 0.1) is 0 Å². The third kappa shape index (κ3) is 6.19. The van der Waals surface area contributed by atoms with E-state index in [0.717, 1.165) is 12.0 Å². The predicted molar refractivity (Wildman–Crippen MR) is 96.3 cm³/mol. The number of hydrogen-bond acceptors (Lipinski definition) is 2. The number of nitrogens with zero attached hydrogens (tertiary/aromatic N) is 2. The summed E-state index contributed by atoms with van der Waals surface area (Å²) in [6.45, 7) is 5.40. The zero-order valence-corrected chi connectivity index (χ0v) is 15.6. The lowest BCUT2D eigenvalue weighted by Gasteiger charge is -2.46. The second-order valence-corrected chi connectivity index (χ2v) is 8.00. The first-order valence-corrected chi connectivity index (χ1v) is 10.4. The lowest BCUT2D eigenvalue weighted by molar-refractivity contribution is 0.0380. The van der Waals surface area contributed by atoms with E-state index in [-0.39, 0.29) is 0 Å². The van der Waals surface area contributed by atoms with E-state index in [1.165, 1.54) is 95.7 Å². The van der Waals surface area contributed by atoms with Crippen LogP contribution in [0.15, 0.2) is 0 Å². The molecule has 2 saturated heterocycles. The Labute approximate surface area is 140 Å². The van der Waals surface area contributed by atoms with E-state index in [1.54, 1.807) is 0 Å². The molecule has 0 N–H and O–H groups in total. The Bertz CT molecular complexity index is 272. The molecule has 0 aromatic heterocycles. The topological polar surface area (TPSA) is 6.48 Å². The zero-order chi connectivity index (χ0) is 14.9. The van der Waals surface area contributed by atoms with Crippen LogP contribution in [0.2, 0.25) is 0 Å². The molecule has 0 radical (unpaired) electrons. The number of likely N-dealkylation sites (tertiary alicyclic amines) is 2. The van der Waals surface area contributed by atoms with E-state index in [0.29, 0.717) is 0 Å². The molecule has 2 atom stereocenters. The first-order chi connectivity index (χ1) is 10.3. The molecule has 0 aromatic rings. The van der Waals surface area contributed by atoms with Crippen molar-refractivity contribution in [3.63, 3.8) is 0 Å². The molecule has 124 valence electrons. The highest BCUT2D eigenvalue weighted by molar-refractivity contribution is 9.09. The van der Waals surface area contributed by atoms with Gasteiger partial charge in [-0.25, -0.2) is 0 Å². The summed E-state index contributed by atoms with van der Waals surface area (Å²) in [7, 11) is 2.34. The van der Waals surface area contributed by atoms with Gasteiger partial charge < -0.3 is 9.80 Å². The Morgan fingerprint density at radius 2 is 1.62 bits per heavy atom. The van der Waals surface area contributed by atoms with Crippen molar-refractivity contribution in [2.24, 2.45) is 5.92 Å². The highest BCUT2D eigenvalue weighted by Crippen LogP contribution is 2.29. The third-order valence-corrected chi connectivity index (χ3v) is 6.10. The van der Waals surface area contributed by atoms with Crippen LogP contribution in [0.4, 0.5) is 0 Å². The van der Waals surface area contributed by atoms with Crippen molar-refractivity contribution in [1.29, 1.82) is 0 Å². The van der Waals surface area contributed by atoms with Crippen LogP contribution in [0.25, 0.3) is 0 Å². The van der Waals surface area contributed by atoms with E-state index in [2.05, 4.69) is 32.8 Å². The molecule has 21 heavy (non-hydrogen) atoms. The Morgan fingerprint density at radius 1 is 0.905 bits per heavy atom. The van der Waals surface area contributed by atoms with Gasteiger partial charge >= 0.3 is 0 Å². The van der Waals surface area contributed by atoms with Crippen LogP contribution in [0, 0.1) is 5.92 Å². The maximum Gasteiger partial charge on any atom is 0.0145 e. The molecule has 0 spiro atoms. The summed E-state index contributed by atoms with van der Waals surface area (Å²) < 4.78 is 0. The summed E-state index contributed by atoms with van der Waals surface area (Å²) >= 11 is 3.51. The summed E-state index contributed by atoms with van der Waals surface area (Å²) in [5, 5.41) is 1.18. The number of rotatable bonds is 9. The van der Waals surface area contributed by atoms with Crippen molar-refractivity contribution >= 4 is 15.9 Å². The first kappa shape index (κ1) is 17.7. The summed E-state index contributed by atoms with van der Waals surface area (Å²) in [4.78, 5) is 5.38. The summed E-state index contributed by atoms with van der Waals surface area (Å²) in [6.07, 6.45) is 14.3. The fraction of sp³-hybridized carbons (Fsp3) is 1.00. The Balaban J connectivity index is 1.50. The quantitative estimate of drug-likeness (QED) is 0.441. The van der Waals surface area contributed by atoms with Crippen molar-refractivity contribution in [1.82, 2.24) is 9.80 Å². The molecule has 0 amide bonds. The number of halogens is 1. The highest BCUT2D eigenvalue weighted by atomic mass is 79.9. The molecule has 2 unspecified atom stereocenters. The third-order valence-electron chi connectivity index (χ3n) is 5.54. The summed E-state index contributed by atoms with van der Waals surface area (Å²) in [5.74, 6) is 0.960. The zero-order valence-electron chi connectivity index (χ0n) is 14.0. The van der Waals surface area contributed by atoms with Crippen LogP contribution < -0.4 is 0 Å². The molecule has 0 bridgehead atoms. The fourth-order valence-electron chi connectivity index (χ4n) is 4.24. The molecule has 2 nitrogen and oxygen atoms in total. The molecule has 2 rings (SSSR count). The van der Waals surface area contributed by atoms with E-state index >= 15 is 0 Å². The van der Waals surface area contributed by atoms with Crippen LogP contribution in [0.3, 0.4) is 0 Å². The SMILES string of the molecule is CN1CCCC2CN(CCCCCCCCCBr)CCC21. The molecule has 0 aromatic carbocycles. The Kier molecular flexibility index (Phi) is 8.64. The second-order valence-electron chi connectivity index (χ2n) is 7.20. The lowest BCUT2D eigenvalue weighted by atomic mass is 9.84. The number of alkyl halides is 1. The van der Waals surface area contributed by atoms with Crippen LogP contribution in [0.1, 0.15) is 64.2 Å². The van der Waals surface area contributed by atoms with E-state index in [1.807, 2.05) is 0 Å². The summed E-state index contributed by atoms with van der Waals surface area (Å²) in [5.41, 5.74) is 0. The Morgan fingerprint density at radius 3 is 2.38 bits per heavy atom. The molecular formula is C18H35BrN2. The van der Waals surface area contributed by atoms with Crippen molar-refractivity contribution < 1.29 is 0 Å². The van der Waals surface area contributed by atoms with Gasteiger partial charge in [-0.3, -0.25) is 0 Å². The van der Waals surface area contributed by atoms with E-state index in [9.17, 15) is 0 Å². The molecule has 3 heteroatoms. The highest BCUT2D eigenvalue weighted by Gasteiger charge is 2.33. The normalized spacial score (nSPS) is 27.7. The monoisotopic (exact) mass is 358 g/mol. The van der Waals surface area contributed by atoms with Gasteiger partial charge in [-0.05, 0) is 64.7 Å². The maximum atomic E-state index is 3.51. The van der Waals surface area contributed by atoms with Gasteiger partial charge in [0.2, 0.25) is 0 Å². The van der Waals surface area contributed by atoms with Gasteiger partial charge in [0, 0.05) is 17.9 Å². The van der Waals surface area contributed by atoms with E-state index < -0.39 is 0 Å². The van der Waals surface area contributed by atoms with Gasteiger partial charge in [-0.15, -0.1) is 0 Å². The maximum absolute atomic E-state index is 3.51. The van der Waals surface area contributed by atoms with Gasteiger partial charge in [-0.2, -0.15) is 0 Å². The Hall–Kier alpha value is 0.400. The van der Waals surface area contributed by atoms with Crippen LogP contribution in [0.5, 0.6) is 0 Å². The number of fused-ring (bicyclic) bond motifs is 1. The molecule has 2 fully saturated rings. The number of piperidine rings is 2. The standard InChI is InChI=1S/C18H35BrN2/c1-20-13-9-10-17-16-21(15-11-18(17)20)14-8-6-4-2-3-5-7-12-19/h17-18H,2-16H2,1H3. The molecule has 2 aliphatic rings. The molecular weight excluding hydrogens is 324 g/mol. The van der Waals surface area contributed by atoms with Crippen LogP contribution in [-0.2, 0) is 0 Å². The average molecular weight is 359 g/mol. The average Bonchev–Trinajstić information content (AvgIpc) is 2.50. The minimum Gasteiger partial charge on any atom is -0.303 e. The largest absolute Gasteiger partial charge is 0.303 e. The summed E-state index contributed by atoms with van der Waals surface area (Å²) in [6, 6.07) is 0.893. The molecule has 0 aliphatic carbocycles. The van der Waals surface area contributed by atoms with Crippen LogP contribution >= 0.6 is 15.9 Å². The lowest BCUT2D eigenvalue weighted by Crippen LogP contribution is -2.52. The van der Waals surface area contributed by atoms with Crippen molar-refractivity contribution in [3.05, 3.63) is 0 Å². The molecule has 2 heterocycles.